The third-order valence-electron chi connectivity index (χ3n) is 7.07. The average molecular weight is 469 g/mol. The summed E-state index contributed by atoms with van der Waals surface area (Å²) in [4.78, 5) is 16.3. The summed E-state index contributed by atoms with van der Waals surface area (Å²) in [6.45, 7) is 2.38. The highest BCUT2D eigenvalue weighted by Crippen LogP contribution is 2.40. The Morgan fingerprint density at radius 2 is 2.03 bits per heavy atom. The fourth-order valence-corrected chi connectivity index (χ4v) is 5.17. The molecule has 0 N–H and O–H groups in total. The number of hydrogen-bond donors (Lipinski definition) is 0. The number of benzene rings is 1. The van der Waals surface area contributed by atoms with Crippen LogP contribution in [-0.4, -0.2) is 56.7 Å². The van der Waals surface area contributed by atoms with Crippen molar-refractivity contribution in [2.75, 3.05) is 31.2 Å². The van der Waals surface area contributed by atoms with E-state index in [4.69, 9.17) is 9.84 Å². The monoisotopic (exact) mass is 468 g/mol. The molecule has 178 valence electrons. The van der Waals surface area contributed by atoms with Crippen LogP contribution in [0.25, 0.3) is 11.1 Å². The van der Waals surface area contributed by atoms with Gasteiger partial charge in [-0.1, -0.05) is 6.07 Å². The number of fused-ring (bicyclic) bond motifs is 2. The van der Waals surface area contributed by atoms with Crippen molar-refractivity contribution in [2.24, 2.45) is 0 Å². The van der Waals surface area contributed by atoms with Gasteiger partial charge in [0.2, 0.25) is 5.91 Å². The second kappa shape index (κ2) is 8.19. The van der Waals surface area contributed by atoms with Crippen molar-refractivity contribution in [3.05, 3.63) is 47.4 Å². The van der Waals surface area contributed by atoms with Gasteiger partial charge in [0.25, 0.3) is 0 Å². The Balaban J connectivity index is 1.38. The van der Waals surface area contributed by atoms with E-state index < -0.39 is 6.55 Å². The molecule has 1 fully saturated rings. The van der Waals surface area contributed by atoms with Gasteiger partial charge >= 0.3 is 6.55 Å². The highest BCUT2D eigenvalue weighted by Gasteiger charge is 2.34. The molecule has 6 rings (SSSR count). The summed E-state index contributed by atoms with van der Waals surface area (Å²) in [5.41, 5.74) is 6.09. The number of aromatic nitrogens is 4. The van der Waals surface area contributed by atoms with E-state index in [-0.39, 0.29) is 11.9 Å². The summed E-state index contributed by atoms with van der Waals surface area (Å²) in [7, 11) is 0. The first-order chi connectivity index (χ1) is 16.5. The molecular weight excluding hydrogens is 442 g/mol. The lowest BCUT2D eigenvalue weighted by molar-refractivity contribution is -0.129. The first kappa shape index (κ1) is 21.3. The zero-order chi connectivity index (χ0) is 23.4. The average Bonchev–Trinajstić information content (AvgIpc) is 3.43. The smallest absolute Gasteiger partial charge is 0.333 e. The lowest BCUT2D eigenvalue weighted by Crippen LogP contribution is -2.37. The van der Waals surface area contributed by atoms with Crippen LogP contribution in [0.2, 0.25) is 0 Å². The molecule has 5 heterocycles. The predicted molar refractivity (Wildman–Crippen MR) is 121 cm³/mol. The molecule has 1 amide bonds. The summed E-state index contributed by atoms with van der Waals surface area (Å²) in [6, 6.07) is 6.31. The predicted octanol–water partition coefficient (Wildman–Crippen LogP) is 3.70. The van der Waals surface area contributed by atoms with Crippen molar-refractivity contribution >= 4 is 17.4 Å². The molecule has 34 heavy (non-hydrogen) atoms. The summed E-state index contributed by atoms with van der Waals surface area (Å²) in [6.07, 6.45) is 5.50. The van der Waals surface area contributed by atoms with Crippen LogP contribution in [0.1, 0.15) is 42.8 Å². The zero-order valence-electron chi connectivity index (χ0n) is 19.0. The van der Waals surface area contributed by atoms with Crippen molar-refractivity contribution in [1.82, 2.24) is 24.5 Å². The van der Waals surface area contributed by atoms with E-state index in [9.17, 15) is 13.6 Å². The van der Waals surface area contributed by atoms with Gasteiger partial charge in [-0.05, 0) is 36.1 Å². The van der Waals surface area contributed by atoms with Gasteiger partial charge in [0.15, 0.2) is 5.82 Å². The Hall–Kier alpha value is -3.27. The molecule has 0 atom stereocenters. The van der Waals surface area contributed by atoms with E-state index in [1.54, 1.807) is 6.92 Å². The van der Waals surface area contributed by atoms with Crippen LogP contribution in [0.4, 0.5) is 20.3 Å². The zero-order valence-corrected chi connectivity index (χ0v) is 19.0. The van der Waals surface area contributed by atoms with Crippen molar-refractivity contribution in [3.63, 3.8) is 0 Å². The maximum absolute atomic E-state index is 13.0. The molecular formula is C24H26F2N6O2. The molecule has 1 saturated heterocycles. The standard InChI is InChI=1S/C24H26F2N6O2/c1-15(33)29-8-6-22-20(12-29)23(28-32(22)19-13-34-14-19)30-7-2-3-17-9-16(4-5-21(17)30)18-10-27-31(11-18)24(25)26/h4-5,9-11,19,24H,2-3,6-8,12-14H2,1H3. The number of ether oxygens (including phenoxy) is 1. The third kappa shape index (κ3) is 3.48. The maximum atomic E-state index is 13.0. The lowest BCUT2D eigenvalue weighted by atomic mass is 9.96. The number of anilines is 2. The maximum Gasteiger partial charge on any atom is 0.333 e. The normalized spacial score (nSPS) is 18.1. The lowest BCUT2D eigenvalue weighted by Gasteiger charge is -2.33. The van der Waals surface area contributed by atoms with Gasteiger partial charge in [-0.2, -0.15) is 19.0 Å². The molecule has 0 bridgehead atoms. The van der Waals surface area contributed by atoms with Gasteiger partial charge in [0, 0.05) is 55.1 Å². The van der Waals surface area contributed by atoms with E-state index in [0.29, 0.717) is 36.5 Å². The van der Waals surface area contributed by atoms with Crippen molar-refractivity contribution < 1.29 is 18.3 Å². The number of halogens is 2. The second-order valence-corrected chi connectivity index (χ2v) is 9.16. The Morgan fingerprint density at radius 3 is 2.74 bits per heavy atom. The molecule has 3 aliphatic rings. The van der Waals surface area contributed by atoms with Crippen molar-refractivity contribution in [1.29, 1.82) is 0 Å². The quantitative estimate of drug-likeness (QED) is 0.584. The molecule has 0 unspecified atom stereocenters. The number of rotatable bonds is 4. The number of aryl methyl sites for hydroxylation is 1. The van der Waals surface area contributed by atoms with E-state index >= 15 is 0 Å². The first-order valence-corrected chi connectivity index (χ1v) is 11.7. The Morgan fingerprint density at radius 1 is 1.18 bits per heavy atom. The molecule has 0 saturated carbocycles. The van der Waals surface area contributed by atoms with Gasteiger partial charge in [-0.15, -0.1) is 0 Å². The highest BCUT2D eigenvalue weighted by molar-refractivity contribution is 5.76. The Kier molecular flexibility index (Phi) is 5.13. The number of carbonyl (C=O) groups is 1. The van der Waals surface area contributed by atoms with Crippen molar-refractivity contribution in [2.45, 2.75) is 45.3 Å². The molecule has 2 aromatic heterocycles. The summed E-state index contributed by atoms with van der Waals surface area (Å²) in [5.74, 6) is 0.983. The van der Waals surface area contributed by atoms with Gasteiger partial charge in [0.1, 0.15) is 0 Å². The SMILES string of the molecule is CC(=O)N1CCc2c(c(N3CCCc4cc(-c5cnn(C(F)F)c5)ccc43)nn2C2COC2)C1. The number of hydrogen-bond acceptors (Lipinski definition) is 5. The molecule has 8 nitrogen and oxygen atoms in total. The van der Waals surface area contributed by atoms with Gasteiger partial charge in [-0.3, -0.25) is 9.48 Å². The minimum absolute atomic E-state index is 0.0735. The summed E-state index contributed by atoms with van der Waals surface area (Å²) < 4.78 is 34.1. The van der Waals surface area contributed by atoms with E-state index in [2.05, 4.69) is 20.7 Å². The fraction of sp³-hybridized carbons (Fsp3) is 0.458. The van der Waals surface area contributed by atoms with E-state index in [1.807, 2.05) is 17.0 Å². The van der Waals surface area contributed by atoms with Gasteiger partial charge < -0.3 is 14.5 Å². The van der Waals surface area contributed by atoms with Crippen LogP contribution in [0.5, 0.6) is 0 Å². The second-order valence-electron chi connectivity index (χ2n) is 9.16. The summed E-state index contributed by atoms with van der Waals surface area (Å²) in [5, 5.41) is 8.83. The van der Waals surface area contributed by atoms with E-state index in [0.717, 1.165) is 54.0 Å². The molecule has 3 aliphatic heterocycles. The summed E-state index contributed by atoms with van der Waals surface area (Å²) >= 11 is 0. The van der Waals surface area contributed by atoms with Crippen LogP contribution in [0, 0.1) is 0 Å². The molecule has 3 aromatic rings. The minimum Gasteiger partial charge on any atom is -0.377 e. The largest absolute Gasteiger partial charge is 0.377 e. The Bertz CT molecular complexity index is 1250. The number of alkyl halides is 2. The van der Waals surface area contributed by atoms with Crippen LogP contribution < -0.4 is 4.90 Å². The topological polar surface area (TPSA) is 68.4 Å². The number of carbonyl (C=O) groups excluding carboxylic acids is 1. The molecule has 0 radical (unpaired) electrons. The molecule has 0 spiro atoms. The Labute approximate surface area is 195 Å². The number of amides is 1. The number of nitrogens with zero attached hydrogens (tertiary/aromatic N) is 6. The molecule has 10 heteroatoms. The van der Waals surface area contributed by atoms with Crippen LogP contribution in [-0.2, 0) is 28.9 Å². The van der Waals surface area contributed by atoms with E-state index in [1.165, 1.54) is 18.1 Å². The molecule has 0 aliphatic carbocycles. The first-order valence-electron chi connectivity index (χ1n) is 11.7. The molecule has 1 aromatic carbocycles. The van der Waals surface area contributed by atoms with Crippen LogP contribution in [0.3, 0.4) is 0 Å². The fourth-order valence-electron chi connectivity index (χ4n) is 5.17. The van der Waals surface area contributed by atoms with Crippen LogP contribution >= 0.6 is 0 Å². The third-order valence-corrected chi connectivity index (χ3v) is 7.07. The highest BCUT2D eigenvalue weighted by atomic mass is 19.3. The minimum atomic E-state index is -2.65. The van der Waals surface area contributed by atoms with Gasteiger partial charge in [0.05, 0.1) is 32.0 Å². The van der Waals surface area contributed by atoms with Gasteiger partial charge in [-0.25, -0.2) is 4.68 Å². The van der Waals surface area contributed by atoms with Crippen molar-refractivity contribution in [3.8, 4) is 11.1 Å². The van der Waals surface area contributed by atoms with Crippen LogP contribution in [0.15, 0.2) is 30.6 Å².